The number of aromatic amines is 1. The molecule has 37 heavy (non-hydrogen) atoms. The number of hydrogen-bond donors (Lipinski definition) is 1. The molecule has 1 saturated heterocycles. The molecule has 0 aliphatic carbocycles. The van der Waals surface area contributed by atoms with Crippen molar-refractivity contribution in [3.8, 4) is 0 Å². The molecule has 2 aliphatic heterocycles. The molecular formula is C25H33N6O6+. The summed E-state index contributed by atoms with van der Waals surface area (Å²) in [7, 11) is 4.88. The first-order valence-electron chi connectivity index (χ1n) is 12.1. The highest BCUT2D eigenvalue weighted by Gasteiger charge is 2.53. The molecule has 0 saturated carbocycles. The van der Waals surface area contributed by atoms with Gasteiger partial charge in [0.2, 0.25) is 11.6 Å². The first-order valence-corrected chi connectivity index (χ1v) is 12.1. The molecule has 0 bridgehead atoms. The molecule has 4 rings (SSSR count). The van der Waals surface area contributed by atoms with Gasteiger partial charge < -0.3 is 14.4 Å². The summed E-state index contributed by atoms with van der Waals surface area (Å²) in [5, 5.41) is 7.33. The molecule has 1 fully saturated rings. The summed E-state index contributed by atoms with van der Waals surface area (Å²) < 4.78 is 11.9. The Morgan fingerprint density at radius 3 is 2.43 bits per heavy atom. The molecule has 0 spiro atoms. The van der Waals surface area contributed by atoms with Crippen LogP contribution in [0.3, 0.4) is 0 Å². The number of hydrogen-bond acceptors (Lipinski definition) is 8. The van der Waals surface area contributed by atoms with E-state index in [0.29, 0.717) is 19.6 Å². The van der Waals surface area contributed by atoms with Crippen LogP contribution in [0.2, 0.25) is 0 Å². The highest BCUT2D eigenvalue weighted by Crippen LogP contribution is 2.34. The number of imide groups is 1. The van der Waals surface area contributed by atoms with Gasteiger partial charge in [-0.3, -0.25) is 24.2 Å². The van der Waals surface area contributed by atoms with E-state index in [1.807, 2.05) is 13.2 Å². The van der Waals surface area contributed by atoms with Crippen LogP contribution in [0.4, 0.5) is 0 Å². The SMILES string of the molecule is COCCN(C)Cc1c[n+]([C@H]2C[C@@H](C(=O)OC)N(C(=O)C(C)(C)N3C(=O)c4ccccc4C3=O)C2)[nH]n1. The second-order valence-corrected chi connectivity index (χ2v) is 9.91. The number of aromatic nitrogens is 3. The molecular weight excluding hydrogens is 480 g/mol. The monoisotopic (exact) mass is 513 g/mol. The summed E-state index contributed by atoms with van der Waals surface area (Å²) in [5.41, 5.74) is -0.215. The third-order valence-electron chi connectivity index (χ3n) is 6.99. The fourth-order valence-electron chi connectivity index (χ4n) is 4.95. The van der Waals surface area contributed by atoms with E-state index < -0.39 is 35.3 Å². The van der Waals surface area contributed by atoms with Gasteiger partial charge in [-0.1, -0.05) is 17.3 Å². The second kappa shape index (κ2) is 10.4. The molecule has 0 unspecified atom stereocenters. The van der Waals surface area contributed by atoms with Crippen LogP contribution >= 0.6 is 0 Å². The van der Waals surface area contributed by atoms with Gasteiger partial charge in [-0.05, 0) is 33.0 Å². The number of likely N-dealkylation sites (tertiary alicyclic amines) is 1. The lowest BCUT2D eigenvalue weighted by atomic mass is 10.00. The smallest absolute Gasteiger partial charge is 0.328 e. The topological polar surface area (TPSA) is 129 Å². The van der Waals surface area contributed by atoms with Gasteiger partial charge >= 0.3 is 5.97 Å². The lowest BCUT2D eigenvalue weighted by molar-refractivity contribution is -0.774. The van der Waals surface area contributed by atoms with Gasteiger partial charge in [-0.2, -0.15) is 4.68 Å². The first kappa shape index (κ1) is 26.4. The van der Waals surface area contributed by atoms with E-state index in [0.717, 1.165) is 17.1 Å². The highest BCUT2D eigenvalue weighted by molar-refractivity contribution is 6.23. The molecule has 198 valence electrons. The first-order chi connectivity index (χ1) is 17.6. The quantitative estimate of drug-likeness (QED) is 0.285. The molecule has 2 aromatic rings. The summed E-state index contributed by atoms with van der Waals surface area (Å²) in [6, 6.07) is 5.33. The Hall–Kier alpha value is -3.64. The van der Waals surface area contributed by atoms with Gasteiger partial charge in [0, 0.05) is 25.2 Å². The summed E-state index contributed by atoms with van der Waals surface area (Å²) >= 11 is 0. The van der Waals surface area contributed by atoms with Crippen LogP contribution in [0, 0.1) is 0 Å². The number of H-pyrrole nitrogens is 1. The van der Waals surface area contributed by atoms with Crippen LogP contribution < -0.4 is 4.68 Å². The average Bonchev–Trinajstić information content (AvgIpc) is 3.59. The van der Waals surface area contributed by atoms with E-state index in [-0.39, 0.29) is 23.7 Å². The van der Waals surface area contributed by atoms with Gasteiger partial charge in [-0.15, -0.1) is 0 Å². The number of methoxy groups -OCH3 is 2. The second-order valence-electron chi connectivity index (χ2n) is 9.91. The summed E-state index contributed by atoms with van der Waals surface area (Å²) in [4.78, 5) is 57.2. The summed E-state index contributed by atoms with van der Waals surface area (Å²) in [5.74, 6) is -2.14. The Morgan fingerprint density at radius 2 is 1.84 bits per heavy atom. The Labute approximate surface area is 215 Å². The standard InChI is InChI=1S/C25H32N6O6/c1-25(2,31-21(32)18-8-6-7-9-19(18)22(31)33)24(35)29-15-17(12-20(29)23(34)37-5)30-14-16(26-27-30)13-28(3)10-11-36-4/h6-9,14,17,20H,10-13,15H2,1-5H3/p+1/t17-,20-/m0/s1. The fourth-order valence-corrected chi connectivity index (χ4v) is 4.95. The molecule has 1 N–H and O–H groups in total. The zero-order valence-electron chi connectivity index (χ0n) is 21.8. The van der Waals surface area contributed by atoms with Crippen LogP contribution in [-0.4, -0.2) is 101 Å². The van der Waals surface area contributed by atoms with Crippen molar-refractivity contribution >= 4 is 23.7 Å². The molecule has 12 nitrogen and oxygen atoms in total. The normalized spacial score (nSPS) is 19.6. The summed E-state index contributed by atoms with van der Waals surface area (Å²) in [6.45, 7) is 5.16. The van der Waals surface area contributed by atoms with E-state index in [2.05, 4.69) is 15.2 Å². The largest absolute Gasteiger partial charge is 0.467 e. The van der Waals surface area contributed by atoms with E-state index in [4.69, 9.17) is 9.47 Å². The van der Waals surface area contributed by atoms with Crippen molar-refractivity contribution < 1.29 is 33.3 Å². The van der Waals surface area contributed by atoms with Crippen molar-refractivity contribution in [2.45, 2.75) is 44.4 Å². The maximum Gasteiger partial charge on any atom is 0.328 e. The number of likely N-dealkylation sites (N-methyl/N-ethyl adjacent to an activating group) is 1. The van der Waals surface area contributed by atoms with Gasteiger partial charge in [0.05, 0.1) is 37.9 Å². The summed E-state index contributed by atoms with van der Waals surface area (Å²) in [6.07, 6.45) is 2.15. The molecule has 0 radical (unpaired) electrons. The van der Waals surface area contributed by atoms with Crippen molar-refractivity contribution in [2.75, 3.05) is 41.0 Å². The van der Waals surface area contributed by atoms with Crippen molar-refractivity contribution in [3.63, 3.8) is 0 Å². The van der Waals surface area contributed by atoms with Crippen LogP contribution in [-0.2, 0) is 25.6 Å². The number of ether oxygens (including phenoxy) is 2. The van der Waals surface area contributed by atoms with E-state index in [1.165, 1.54) is 25.9 Å². The van der Waals surface area contributed by atoms with Gasteiger partial charge in [0.25, 0.3) is 11.8 Å². The Bertz CT molecular complexity index is 1170. The van der Waals surface area contributed by atoms with Gasteiger partial charge in [0.15, 0.2) is 6.20 Å². The van der Waals surface area contributed by atoms with Crippen molar-refractivity contribution in [1.29, 1.82) is 0 Å². The predicted molar refractivity (Wildman–Crippen MR) is 129 cm³/mol. The number of benzene rings is 1. The number of nitrogens with zero attached hydrogens (tertiary/aromatic N) is 5. The Balaban J connectivity index is 1.55. The van der Waals surface area contributed by atoms with Gasteiger partial charge in [0.1, 0.15) is 17.6 Å². The predicted octanol–water partition coefficient (Wildman–Crippen LogP) is 0.165. The van der Waals surface area contributed by atoms with E-state index >= 15 is 0 Å². The lowest BCUT2D eigenvalue weighted by Crippen LogP contribution is -2.60. The highest BCUT2D eigenvalue weighted by atomic mass is 16.5. The van der Waals surface area contributed by atoms with Crippen LogP contribution in [0.15, 0.2) is 30.5 Å². The minimum absolute atomic E-state index is 0.178. The Morgan fingerprint density at radius 1 is 1.19 bits per heavy atom. The molecule has 2 aliphatic rings. The molecule has 2 atom stereocenters. The molecule has 3 amide bonds. The van der Waals surface area contributed by atoms with E-state index in [1.54, 1.807) is 36.1 Å². The maximum atomic E-state index is 13.9. The molecule has 1 aromatic heterocycles. The van der Waals surface area contributed by atoms with Crippen LogP contribution in [0.25, 0.3) is 0 Å². The zero-order chi connectivity index (χ0) is 26.9. The van der Waals surface area contributed by atoms with Crippen LogP contribution in [0.5, 0.6) is 0 Å². The Kier molecular flexibility index (Phi) is 7.42. The van der Waals surface area contributed by atoms with Crippen LogP contribution in [0.1, 0.15) is 52.7 Å². The van der Waals surface area contributed by atoms with Crippen molar-refractivity contribution in [3.05, 3.63) is 47.3 Å². The van der Waals surface area contributed by atoms with Crippen molar-refractivity contribution in [2.24, 2.45) is 0 Å². The van der Waals surface area contributed by atoms with Gasteiger partial charge in [-0.25, -0.2) is 4.79 Å². The minimum Gasteiger partial charge on any atom is -0.467 e. The fraction of sp³-hybridized carbons (Fsp3) is 0.520. The number of rotatable bonds is 9. The number of carbonyl (C=O) groups excluding carboxylic acids is 4. The number of esters is 1. The zero-order valence-corrected chi connectivity index (χ0v) is 21.8. The molecule has 1 aromatic carbocycles. The van der Waals surface area contributed by atoms with E-state index in [9.17, 15) is 19.2 Å². The maximum absolute atomic E-state index is 13.9. The molecule has 12 heteroatoms. The minimum atomic E-state index is -1.53. The number of amides is 3. The third kappa shape index (κ3) is 4.86. The number of fused-ring (bicyclic) bond motifs is 1. The third-order valence-corrected chi connectivity index (χ3v) is 6.99. The number of carbonyl (C=O) groups is 4. The van der Waals surface area contributed by atoms with Crippen molar-refractivity contribution in [1.82, 2.24) is 25.0 Å². The lowest BCUT2D eigenvalue weighted by Gasteiger charge is -2.37. The average molecular weight is 514 g/mol. The molecule has 3 heterocycles. The number of nitrogens with one attached hydrogen (secondary N) is 1.